The third-order valence-electron chi connectivity index (χ3n) is 7.58. The monoisotopic (exact) mass is 470 g/mol. The van der Waals surface area contributed by atoms with Crippen molar-refractivity contribution in [3.63, 3.8) is 0 Å². The van der Waals surface area contributed by atoms with Crippen LogP contribution in [0, 0.1) is 19.7 Å². The lowest BCUT2D eigenvalue weighted by Gasteiger charge is -2.33. The summed E-state index contributed by atoms with van der Waals surface area (Å²) in [5.41, 5.74) is 7.34. The van der Waals surface area contributed by atoms with Gasteiger partial charge in [-0.15, -0.1) is 0 Å². The van der Waals surface area contributed by atoms with Crippen molar-refractivity contribution in [2.75, 3.05) is 42.6 Å². The number of aromatic nitrogens is 2. The Kier molecular flexibility index (Phi) is 5.69. The predicted octanol–water partition coefficient (Wildman–Crippen LogP) is 5.24. The van der Waals surface area contributed by atoms with Gasteiger partial charge < -0.3 is 19.1 Å². The number of pyridine rings is 1. The van der Waals surface area contributed by atoms with Crippen LogP contribution < -0.4 is 9.80 Å². The zero-order valence-corrected chi connectivity index (χ0v) is 20.4. The van der Waals surface area contributed by atoms with E-state index in [0.29, 0.717) is 6.54 Å². The highest BCUT2D eigenvalue weighted by Crippen LogP contribution is 2.37. The molecule has 0 N–H and O–H groups in total. The fourth-order valence-electron chi connectivity index (χ4n) is 5.50. The minimum absolute atomic E-state index is 0.200. The molecule has 2 aliphatic rings. The molecular formula is C29H31FN4O. The van der Waals surface area contributed by atoms with Crippen molar-refractivity contribution in [2.45, 2.75) is 33.4 Å². The highest BCUT2D eigenvalue weighted by atomic mass is 19.1. The maximum atomic E-state index is 14.0. The van der Waals surface area contributed by atoms with Gasteiger partial charge in [0.25, 0.3) is 0 Å². The number of anilines is 2. The Morgan fingerprint density at radius 3 is 2.51 bits per heavy atom. The third kappa shape index (κ3) is 4.06. The molecule has 1 saturated heterocycles. The van der Waals surface area contributed by atoms with Crippen molar-refractivity contribution in [3.05, 3.63) is 88.4 Å². The van der Waals surface area contributed by atoms with Crippen LogP contribution in [-0.4, -0.2) is 42.4 Å². The van der Waals surface area contributed by atoms with Crippen LogP contribution in [0.3, 0.4) is 0 Å². The Morgan fingerprint density at radius 1 is 0.914 bits per heavy atom. The number of ether oxygens (including phenoxy) is 1. The molecule has 4 heterocycles. The van der Waals surface area contributed by atoms with Crippen LogP contribution >= 0.6 is 0 Å². The lowest BCUT2D eigenvalue weighted by atomic mass is 10.00. The summed E-state index contributed by atoms with van der Waals surface area (Å²) in [4.78, 5) is 10.1. The van der Waals surface area contributed by atoms with Gasteiger partial charge in [-0.2, -0.15) is 0 Å². The number of nitrogens with zero attached hydrogens (tertiary/aromatic N) is 4. The zero-order valence-electron chi connectivity index (χ0n) is 20.4. The molecular weight excluding hydrogens is 439 g/mol. The van der Waals surface area contributed by atoms with Crippen LogP contribution in [-0.2, 0) is 24.2 Å². The molecule has 2 aromatic carbocycles. The molecule has 1 fully saturated rings. The van der Waals surface area contributed by atoms with Crippen molar-refractivity contribution in [3.8, 4) is 0 Å². The SMILES string of the molecule is Cc1c(C)n(Cc2cccc(F)c2)c2c(N3CCc4ccccc4C3)nc(N3CCOCC3)cc12. The molecule has 5 nitrogen and oxygen atoms in total. The summed E-state index contributed by atoms with van der Waals surface area (Å²) >= 11 is 0. The second-order valence-corrected chi connectivity index (χ2v) is 9.67. The Bertz CT molecular complexity index is 1390. The standard InChI is InChI=1S/C29H31FN4O/c1-20-21(2)34(18-22-6-5-9-25(30)16-22)28-26(20)17-27(32-12-14-35-15-13-32)31-29(28)33-11-10-23-7-3-4-8-24(23)19-33/h3-9,16-17H,10-15,18-19H2,1-2H3. The lowest BCUT2D eigenvalue weighted by molar-refractivity contribution is 0.122. The third-order valence-corrected chi connectivity index (χ3v) is 7.58. The quantitative estimate of drug-likeness (QED) is 0.409. The van der Waals surface area contributed by atoms with Gasteiger partial charge >= 0.3 is 0 Å². The van der Waals surface area contributed by atoms with Gasteiger partial charge in [-0.25, -0.2) is 9.37 Å². The maximum absolute atomic E-state index is 14.0. The molecule has 0 atom stereocenters. The fraction of sp³-hybridized carbons (Fsp3) is 0.345. The molecule has 2 aromatic heterocycles. The molecule has 0 aliphatic carbocycles. The lowest BCUT2D eigenvalue weighted by Crippen LogP contribution is -2.37. The van der Waals surface area contributed by atoms with Gasteiger partial charge in [-0.3, -0.25) is 0 Å². The number of aryl methyl sites for hydroxylation is 1. The molecule has 0 saturated carbocycles. The molecule has 0 amide bonds. The van der Waals surface area contributed by atoms with Crippen molar-refractivity contribution >= 4 is 22.5 Å². The van der Waals surface area contributed by atoms with E-state index in [1.54, 1.807) is 12.1 Å². The normalized spacial score (nSPS) is 16.1. The minimum atomic E-state index is -0.200. The topological polar surface area (TPSA) is 33.5 Å². The van der Waals surface area contributed by atoms with E-state index in [9.17, 15) is 4.39 Å². The van der Waals surface area contributed by atoms with Crippen LogP contribution in [0.2, 0.25) is 0 Å². The zero-order chi connectivity index (χ0) is 23.9. The van der Waals surface area contributed by atoms with Gasteiger partial charge in [-0.1, -0.05) is 36.4 Å². The van der Waals surface area contributed by atoms with Crippen molar-refractivity contribution < 1.29 is 9.13 Å². The van der Waals surface area contributed by atoms with Gasteiger partial charge in [0.1, 0.15) is 11.6 Å². The van der Waals surface area contributed by atoms with E-state index >= 15 is 0 Å². The van der Waals surface area contributed by atoms with Gasteiger partial charge in [0, 0.05) is 43.8 Å². The number of halogens is 1. The largest absolute Gasteiger partial charge is 0.378 e. The minimum Gasteiger partial charge on any atom is -0.378 e. The first-order valence-corrected chi connectivity index (χ1v) is 12.5. The van der Waals surface area contributed by atoms with Crippen LogP contribution in [0.4, 0.5) is 16.0 Å². The molecule has 35 heavy (non-hydrogen) atoms. The summed E-state index contributed by atoms with van der Waals surface area (Å²) in [7, 11) is 0. The second-order valence-electron chi connectivity index (χ2n) is 9.67. The van der Waals surface area contributed by atoms with Gasteiger partial charge in [0.2, 0.25) is 0 Å². The Hall–Kier alpha value is -3.38. The molecule has 4 aromatic rings. The summed E-state index contributed by atoms with van der Waals surface area (Å²) in [6.07, 6.45) is 1.00. The summed E-state index contributed by atoms with van der Waals surface area (Å²) in [6.45, 7) is 9.89. The maximum Gasteiger partial charge on any atom is 0.155 e. The van der Waals surface area contributed by atoms with Crippen molar-refractivity contribution in [1.29, 1.82) is 0 Å². The molecule has 0 unspecified atom stereocenters. The first kappa shape index (κ1) is 22.1. The number of hydrogen-bond donors (Lipinski definition) is 0. The number of rotatable bonds is 4. The molecule has 0 bridgehead atoms. The fourth-order valence-corrected chi connectivity index (χ4v) is 5.50. The average molecular weight is 471 g/mol. The highest BCUT2D eigenvalue weighted by molar-refractivity contribution is 5.96. The molecule has 6 heteroatoms. The first-order valence-electron chi connectivity index (χ1n) is 12.5. The van der Waals surface area contributed by atoms with Crippen LogP contribution in [0.5, 0.6) is 0 Å². The molecule has 0 radical (unpaired) electrons. The Morgan fingerprint density at radius 2 is 1.71 bits per heavy atom. The number of fused-ring (bicyclic) bond motifs is 2. The van der Waals surface area contributed by atoms with Crippen molar-refractivity contribution in [2.24, 2.45) is 0 Å². The van der Waals surface area contributed by atoms with Crippen LogP contribution in [0.15, 0.2) is 54.6 Å². The summed E-state index contributed by atoms with van der Waals surface area (Å²) in [5.74, 6) is 1.83. The van der Waals surface area contributed by atoms with Gasteiger partial charge in [0.15, 0.2) is 5.82 Å². The second kappa shape index (κ2) is 9.00. The van der Waals surface area contributed by atoms with Crippen LogP contribution in [0.1, 0.15) is 27.9 Å². The summed E-state index contributed by atoms with van der Waals surface area (Å²) < 4.78 is 21.9. The smallest absolute Gasteiger partial charge is 0.155 e. The van der Waals surface area contributed by atoms with E-state index in [0.717, 1.165) is 68.5 Å². The average Bonchev–Trinajstić information content (AvgIpc) is 3.13. The van der Waals surface area contributed by atoms with Crippen LogP contribution in [0.25, 0.3) is 10.9 Å². The number of morpholine rings is 1. The van der Waals surface area contributed by atoms with E-state index in [-0.39, 0.29) is 5.82 Å². The summed E-state index contributed by atoms with van der Waals surface area (Å²) in [6, 6.07) is 17.9. The van der Waals surface area contributed by atoms with Gasteiger partial charge in [0.05, 0.1) is 18.7 Å². The van der Waals surface area contributed by atoms with E-state index < -0.39 is 0 Å². The Labute approximate surface area is 205 Å². The van der Waals surface area contributed by atoms with E-state index in [1.165, 1.54) is 33.8 Å². The predicted molar refractivity (Wildman–Crippen MR) is 139 cm³/mol. The number of benzene rings is 2. The number of hydrogen-bond acceptors (Lipinski definition) is 4. The molecule has 180 valence electrons. The highest BCUT2D eigenvalue weighted by Gasteiger charge is 2.26. The summed E-state index contributed by atoms with van der Waals surface area (Å²) in [5, 5.41) is 1.23. The van der Waals surface area contributed by atoms with Gasteiger partial charge in [-0.05, 0) is 60.7 Å². The molecule has 0 spiro atoms. The van der Waals surface area contributed by atoms with Crippen molar-refractivity contribution in [1.82, 2.24) is 9.55 Å². The first-order chi connectivity index (χ1) is 17.1. The van der Waals surface area contributed by atoms with E-state index in [2.05, 4.69) is 58.5 Å². The van der Waals surface area contributed by atoms with E-state index in [1.807, 2.05) is 6.07 Å². The molecule has 2 aliphatic heterocycles. The molecule has 6 rings (SSSR count). The Balaban J connectivity index is 1.52. The van der Waals surface area contributed by atoms with E-state index in [4.69, 9.17) is 9.72 Å².